The average Bonchev–Trinajstić information content (AvgIpc) is 3.16. The van der Waals surface area contributed by atoms with Crippen LogP contribution in [0.5, 0.6) is 11.5 Å². The van der Waals surface area contributed by atoms with E-state index in [9.17, 15) is 4.79 Å². The number of amides is 1. The highest BCUT2D eigenvalue weighted by Crippen LogP contribution is 2.28. The average molecular weight is 453 g/mol. The zero-order valence-corrected chi connectivity index (χ0v) is 19.6. The van der Waals surface area contributed by atoms with Crippen LogP contribution in [0.1, 0.15) is 31.3 Å². The Bertz CT molecular complexity index is 1080. The molecule has 0 bridgehead atoms. The number of rotatable bonds is 10. The van der Waals surface area contributed by atoms with Crippen molar-refractivity contribution >= 4 is 23.4 Å². The van der Waals surface area contributed by atoms with Crippen molar-refractivity contribution in [2.45, 2.75) is 43.8 Å². The molecule has 1 heterocycles. The van der Waals surface area contributed by atoms with Crippen LogP contribution in [0.2, 0.25) is 0 Å². The van der Waals surface area contributed by atoms with Crippen LogP contribution in [-0.4, -0.2) is 33.0 Å². The van der Waals surface area contributed by atoms with Crippen molar-refractivity contribution in [1.82, 2.24) is 14.8 Å². The lowest BCUT2D eigenvalue weighted by Crippen LogP contribution is -2.23. The number of methoxy groups -OCH3 is 1. The second kappa shape index (κ2) is 10.9. The molecule has 0 aliphatic heterocycles. The van der Waals surface area contributed by atoms with E-state index in [2.05, 4.69) is 22.1 Å². The molecule has 2 aromatic carbocycles. The lowest BCUT2D eigenvalue weighted by molar-refractivity contribution is -0.115. The van der Waals surface area contributed by atoms with Crippen molar-refractivity contribution in [3.8, 4) is 11.5 Å². The van der Waals surface area contributed by atoms with Gasteiger partial charge in [-0.25, -0.2) is 0 Å². The molecule has 0 saturated heterocycles. The monoisotopic (exact) mass is 452 g/mol. The van der Waals surface area contributed by atoms with E-state index in [-0.39, 0.29) is 17.3 Å². The Hall–Kier alpha value is -3.26. The Morgan fingerprint density at radius 3 is 2.66 bits per heavy atom. The maximum atomic E-state index is 12.7. The van der Waals surface area contributed by atoms with Crippen molar-refractivity contribution in [2.75, 3.05) is 12.4 Å². The van der Waals surface area contributed by atoms with Gasteiger partial charge < -0.3 is 14.8 Å². The molecule has 0 radical (unpaired) electrons. The maximum Gasteiger partial charge on any atom is 0.237 e. The number of aromatic nitrogens is 3. The highest BCUT2D eigenvalue weighted by atomic mass is 32.2. The fraction of sp³-hybridized carbons (Fsp3) is 0.292. The Labute approximate surface area is 192 Å². The number of thioether (sulfide) groups is 1. The third-order valence-corrected chi connectivity index (χ3v) is 5.79. The van der Waals surface area contributed by atoms with Crippen LogP contribution < -0.4 is 14.8 Å². The van der Waals surface area contributed by atoms with Crippen molar-refractivity contribution in [3.05, 3.63) is 72.6 Å². The Kier molecular flexibility index (Phi) is 7.94. The normalized spacial score (nSPS) is 12.6. The summed E-state index contributed by atoms with van der Waals surface area (Å²) in [5, 5.41) is 11.9. The first-order chi connectivity index (χ1) is 15.4. The lowest BCUT2D eigenvalue weighted by atomic mass is 10.2. The van der Waals surface area contributed by atoms with Gasteiger partial charge in [-0.3, -0.25) is 9.36 Å². The molecule has 2 atom stereocenters. The first-order valence-electron chi connectivity index (χ1n) is 10.3. The maximum absolute atomic E-state index is 12.7. The van der Waals surface area contributed by atoms with Gasteiger partial charge in [0.2, 0.25) is 5.91 Å². The van der Waals surface area contributed by atoms with E-state index in [1.165, 1.54) is 11.8 Å². The highest BCUT2D eigenvalue weighted by molar-refractivity contribution is 8.00. The second-order valence-electron chi connectivity index (χ2n) is 7.30. The summed E-state index contributed by atoms with van der Waals surface area (Å²) < 4.78 is 13.2. The zero-order chi connectivity index (χ0) is 23.1. The number of benzene rings is 2. The molecule has 8 heteroatoms. The molecule has 3 aromatic rings. The Morgan fingerprint density at radius 1 is 1.19 bits per heavy atom. The van der Waals surface area contributed by atoms with Crippen LogP contribution in [0.4, 0.5) is 5.69 Å². The van der Waals surface area contributed by atoms with E-state index in [1.54, 1.807) is 13.2 Å². The van der Waals surface area contributed by atoms with Crippen LogP contribution in [-0.2, 0) is 11.3 Å². The van der Waals surface area contributed by atoms with Gasteiger partial charge in [-0.05, 0) is 50.6 Å². The fourth-order valence-corrected chi connectivity index (χ4v) is 3.96. The van der Waals surface area contributed by atoms with E-state index in [4.69, 9.17) is 9.47 Å². The largest absolute Gasteiger partial charge is 0.497 e. The first-order valence-corrected chi connectivity index (χ1v) is 11.2. The molecule has 32 heavy (non-hydrogen) atoms. The molecule has 0 aliphatic rings. The SMILES string of the molecule is C=CCn1c(SC(C)C(=O)Nc2cccc(C)c2)nnc1C(C)Oc1cccc(OC)c1. The molecule has 0 saturated carbocycles. The molecule has 0 spiro atoms. The Morgan fingerprint density at radius 2 is 1.94 bits per heavy atom. The number of ether oxygens (including phenoxy) is 2. The summed E-state index contributed by atoms with van der Waals surface area (Å²) in [7, 11) is 1.61. The van der Waals surface area contributed by atoms with Gasteiger partial charge in [0.1, 0.15) is 11.5 Å². The summed E-state index contributed by atoms with van der Waals surface area (Å²) in [5.74, 6) is 1.94. The second-order valence-corrected chi connectivity index (χ2v) is 8.61. The van der Waals surface area contributed by atoms with E-state index in [0.29, 0.717) is 29.0 Å². The van der Waals surface area contributed by atoms with E-state index in [1.807, 2.05) is 73.9 Å². The molecule has 1 N–H and O–H groups in total. The summed E-state index contributed by atoms with van der Waals surface area (Å²) in [6.07, 6.45) is 1.41. The molecule has 7 nitrogen and oxygen atoms in total. The van der Waals surface area contributed by atoms with Crippen LogP contribution in [0.15, 0.2) is 66.3 Å². The Balaban J connectivity index is 1.73. The topological polar surface area (TPSA) is 78.3 Å². The summed E-state index contributed by atoms with van der Waals surface area (Å²) in [6, 6.07) is 15.1. The smallest absolute Gasteiger partial charge is 0.237 e. The van der Waals surface area contributed by atoms with Crippen LogP contribution in [0, 0.1) is 6.92 Å². The minimum atomic E-state index is -0.370. The molecular weight excluding hydrogens is 424 g/mol. The molecule has 2 unspecified atom stereocenters. The number of allylic oxidation sites excluding steroid dienone is 1. The summed E-state index contributed by atoms with van der Waals surface area (Å²) >= 11 is 1.35. The van der Waals surface area contributed by atoms with Crippen molar-refractivity contribution < 1.29 is 14.3 Å². The summed E-state index contributed by atoms with van der Waals surface area (Å²) in [6.45, 7) is 10.1. The standard InChI is InChI=1S/C24H28N4O3S/c1-6-13-28-22(17(3)31-21-12-8-11-20(15-21)30-5)26-27-24(28)32-18(4)23(29)25-19-10-7-9-16(2)14-19/h6-12,14-15,17-18H,1,13H2,2-5H3,(H,25,29). The van der Waals surface area contributed by atoms with Gasteiger partial charge in [0, 0.05) is 18.3 Å². The quantitative estimate of drug-likeness (QED) is 0.343. The minimum absolute atomic E-state index is 0.101. The molecular formula is C24H28N4O3S. The third-order valence-electron chi connectivity index (χ3n) is 4.71. The summed E-state index contributed by atoms with van der Waals surface area (Å²) in [5.41, 5.74) is 1.86. The van der Waals surface area contributed by atoms with Crippen LogP contribution in [0.3, 0.4) is 0 Å². The number of aryl methyl sites for hydroxylation is 1. The molecule has 168 valence electrons. The highest BCUT2D eigenvalue weighted by Gasteiger charge is 2.23. The predicted molar refractivity (Wildman–Crippen MR) is 127 cm³/mol. The number of hydrogen-bond donors (Lipinski definition) is 1. The number of carbonyl (C=O) groups is 1. The first kappa shape index (κ1) is 23.4. The molecule has 1 aromatic heterocycles. The van der Waals surface area contributed by atoms with Gasteiger partial charge in [-0.1, -0.05) is 36.0 Å². The number of carbonyl (C=O) groups excluding carboxylic acids is 1. The molecule has 0 aliphatic carbocycles. The van der Waals surface area contributed by atoms with Gasteiger partial charge in [0.15, 0.2) is 17.1 Å². The van der Waals surface area contributed by atoms with Gasteiger partial charge >= 0.3 is 0 Å². The van der Waals surface area contributed by atoms with E-state index < -0.39 is 0 Å². The molecule has 0 fully saturated rings. The number of anilines is 1. The number of nitrogens with zero attached hydrogens (tertiary/aromatic N) is 3. The molecule has 1 amide bonds. The lowest BCUT2D eigenvalue weighted by Gasteiger charge is -2.17. The predicted octanol–water partition coefficient (Wildman–Crippen LogP) is 5.04. The van der Waals surface area contributed by atoms with Crippen LogP contribution >= 0.6 is 11.8 Å². The van der Waals surface area contributed by atoms with Crippen molar-refractivity contribution in [1.29, 1.82) is 0 Å². The van der Waals surface area contributed by atoms with Gasteiger partial charge in [0.05, 0.1) is 12.4 Å². The van der Waals surface area contributed by atoms with Crippen molar-refractivity contribution in [2.24, 2.45) is 0 Å². The zero-order valence-electron chi connectivity index (χ0n) is 18.7. The third kappa shape index (κ3) is 5.91. The summed E-state index contributed by atoms with van der Waals surface area (Å²) in [4.78, 5) is 12.7. The molecule has 3 rings (SSSR count). The number of nitrogens with one attached hydrogen (secondary N) is 1. The van der Waals surface area contributed by atoms with E-state index in [0.717, 1.165) is 11.3 Å². The minimum Gasteiger partial charge on any atom is -0.497 e. The van der Waals surface area contributed by atoms with E-state index >= 15 is 0 Å². The van der Waals surface area contributed by atoms with Gasteiger partial charge in [-0.2, -0.15) is 0 Å². The van der Waals surface area contributed by atoms with Crippen LogP contribution in [0.25, 0.3) is 0 Å². The van der Waals surface area contributed by atoms with Gasteiger partial charge in [-0.15, -0.1) is 16.8 Å². The number of hydrogen-bond acceptors (Lipinski definition) is 6. The van der Waals surface area contributed by atoms with Crippen molar-refractivity contribution in [3.63, 3.8) is 0 Å². The fourth-order valence-electron chi connectivity index (χ4n) is 3.10. The van der Waals surface area contributed by atoms with Gasteiger partial charge in [0.25, 0.3) is 0 Å².